The van der Waals surface area contributed by atoms with Crippen LogP contribution in [0.1, 0.15) is 22.4 Å². The minimum atomic E-state index is 0.757. The van der Waals surface area contributed by atoms with Crippen LogP contribution in [0, 0.1) is 18.3 Å². The molecule has 1 saturated heterocycles. The van der Waals surface area contributed by atoms with Gasteiger partial charge >= 0.3 is 0 Å². The Morgan fingerprint density at radius 3 is 2.40 bits per heavy atom. The molecule has 1 aromatic heterocycles. The van der Waals surface area contributed by atoms with E-state index in [2.05, 4.69) is 46.7 Å². The Hall–Kier alpha value is -2.42. The van der Waals surface area contributed by atoms with E-state index in [-0.39, 0.29) is 0 Å². The molecule has 3 rings (SSSR count). The zero-order valence-corrected chi connectivity index (χ0v) is 14.9. The number of nitrogens with zero attached hydrogens (tertiary/aromatic N) is 5. The van der Waals surface area contributed by atoms with Gasteiger partial charge in [0.2, 0.25) is 0 Å². The molecule has 0 radical (unpaired) electrons. The highest BCUT2D eigenvalue weighted by Crippen LogP contribution is 2.15. The molecule has 2 aromatic rings. The fourth-order valence-corrected chi connectivity index (χ4v) is 3.29. The average molecular weight is 335 g/mol. The van der Waals surface area contributed by atoms with Crippen molar-refractivity contribution < 1.29 is 0 Å². The van der Waals surface area contributed by atoms with E-state index in [1.807, 2.05) is 29.0 Å². The van der Waals surface area contributed by atoms with Gasteiger partial charge in [-0.25, -0.2) is 0 Å². The Balaban J connectivity index is 1.54. The first-order valence-corrected chi connectivity index (χ1v) is 8.76. The number of aromatic nitrogens is 2. The lowest BCUT2D eigenvalue weighted by Gasteiger charge is -2.34. The highest BCUT2D eigenvalue weighted by Gasteiger charge is 2.19. The first kappa shape index (κ1) is 17.4. The van der Waals surface area contributed by atoms with Gasteiger partial charge in [-0.05, 0) is 18.6 Å². The number of benzene rings is 1. The van der Waals surface area contributed by atoms with E-state index in [0.717, 1.165) is 62.6 Å². The van der Waals surface area contributed by atoms with Gasteiger partial charge in [-0.15, -0.1) is 6.58 Å². The van der Waals surface area contributed by atoms with Crippen molar-refractivity contribution in [2.45, 2.75) is 26.6 Å². The molecule has 1 aliphatic rings. The summed E-state index contributed by atoms with van der Waals surface area (Å²) in [5.74, 6) is 0. The number of hydrogen-bond acceptors (Lipinski definition) is 4. The number of rotatable bonds is 6. The van der Waals surface area contributed by atoms with Crippen LogP contribution in [-0.4, -0.2) is 45.8 Å². The highest BCUT2D eigenvalue weighted by atomic mass is 15.3. The Labute approximate surface area is 149 Å². The van der Waals surface area contributed by atoms with Gasteiger partial charge in [-0.2, -0.15) is 10.4 Å². The molecule has 2 heterocycles. The summed E-state index contributed by atoms with van der Waals surface area (Å²) in [6.45, 7) is 12.5. The summed E-state index contributed by atoms with van der Waals surface area (Å²) < 4.78 is 1.95. The van der Waals surface area contributed by atoms with Crippen LogP contribution >= 0.6 is 0 Å². The molecular weight excluding hydrogens is 310 g/mol. The van der Waals surface area contributed by atoms with Crippen molar-refractivity contribution in [1.29, 1.82) is 5.26 Å². The molecule has 1 aliphatic heterocycles. The summed E-state index contributed by atoms with van der Waals surface area (Å²) in [5.41, 5.74) is 4.31. The molecule has 25 heavy (non-hydrogen) atoms. The standard InChI is InChI=1S/C20H25N5/c1-3-8-25-16-20(17(2)22-25)15-24-11-9-23(10-12-24)14-19-7-5-4-6-18(19)13-21/h3-7,16H,1,8-12,14-15H2,2H3. The van der Waals surface area contributed by atoms with E-state index in [4.69, 9.17) is 0 Å². The summed E-state index contributed by atoms with van der Waals surface area (Å²) in [4.78, 5) is 4.91. The topological polar surface area (TPSA) is 48.1 Å². The Morgan fingerprint density at radius 1 is 1.12 bits per heavy atom. The third kappa shape index (κ3) is 4.36. The predicted octanol–water partition coefficient (Wildman–Crippen LogP) is 2.57. The molecule has 0 spiro atoms. The van der Waals surface area contributed by atoms with Crippen molar-refractivity contribution in [3.05, 3.63) is 65.5 Å². The number of hydrogen-bond donors (Lipinski definition) is 0. The van der Waals surface area contributed by atoms with Crippen LogP contribution in [0.4, 0.5) is 0 Å². The molecule has 0 bridgehead atoms. The van der Waals surface area contributed by atoms with Gasteiger partial charge in [-0.1, -0.05) is 24.3 Å². The van der Waals surface area contributed by atoms with Gasteiger partial charge in [0.05, 0.1) is 23.9 Å². The fraction of sp³-hybridized carbons (Fsp3) is 0.400. The molecule has 1 aromatic carbocycles. The average Bonchev–Trinajstić information content (AvgIpc) is 2.97. The van der Waals surface area contributed by atoms with Crippen molar-refractivity contribution in [2.24, 2.45) is 0 Å². The largest absolute Gasteiger partial charge is 0.296 e. The van der Waals surface area contributed by atoms with Gasteiger partial charge in [0, 0.05) is 51.0 Å². The van der Waals surface area contributed by atoms with Gasteiger partial charge in [0.1, 0.15) is 0 Å². The lowest BCUT2D eigenvalue weighted by molar-refractivity contribution is 0.122. The first-order chi connectivity index (χ1) is 12.2. The molecule has 1 fully saturated rings. The molecule has 0 amide bonds. The smallest absolute Gasteiger partial charge is 0.0995 e. The van der Waals surface area contributed by atoms with Crippen molar-refractivity contribution in [3.63, 3.8) is 0 Å². The van der Waals surface area contributed by atoms with Crippen LogP contribution in [0.2, 0.25) is 0 Å². The molecular formula is C20H25N5. The maximum Gasteiger partial charge on any atom is 0.0995 e. The maximum atomic E-state index is 9.23. The van der Waals surface area contributed by atoms with Crippen molar-refractivity contribution in [3.8, 4) is 6.07 Å². The Kier molecular flexibility index (Phi) is 5.64. The number of piperazine rings is 1. The van der Waals surface area contributed by atoms with Crippen LogP contribution in [0.15, 0.2) is 43.1 Å². The SMILES string of the molecule is C=CCn1cc(CN2CCN(Cc3ccccc3C#N)CC2)c(C)n1. The second kappa shape index (κ2) is 8.11. The van der Waals surface area contributed by atoms with Gasteiger partial charge in [-0.3, -0.25) is 14.5 Å². The molecule has 5 nitrogen and oxygen atoms in total. The maximum absolute atomic E-state index is 9.23. The zero-order valence-electron chi connectivity index (χ0n) is 14.9. The zero-order chi connectivity index (χ0) is 17.6. The van der Waals surface area contributed by atoms with E-state index in [1.165, 1.54) is 5.56 Å². The molecule has 0 atom stereocenters. The lowest BCUT2D eigenvalue weighted by atomic mass is 10.1. The number of aryl methyl sites for hydroxylation is 1. The summed E-state index contributed by atoms with van der Waals surface area (Å²) in [7, 11) is 0. The predicted molar refractivity (Wildman–Crippen MR) is 98.9 cm³/mol. The van der Waals surface area contributed by atoms with Crippen molar-refractivity contribution in [2.75, 3.05) is 26.2 Å². The monoisotopic (exact) mass is 335 g/mol. The molecule has 0 saturated carbocycles. The van der Waals surface area contributed by atoms with Crippen LogP contribution in [0.25, 0.3) is 0 Å². The molecule has 0 N–H and O–H groups in total. The van der Waals surface area contributed by atoms with E-state index < -0.39 is 0 Å². The Morgan fingerprint density at radius 2 is 1.76 bits per heavy atom. The first-order valence-electron chi connectivity index (χ1n) is 8.76. The van der Waals surface area contributed by atoms with Crippen LogP contribution in [0.5, 0.6) is 0 Å². The van der Waals surface area contributed by atoms with E-state index in [0.29, 0.717) is 0 Å². The molecule has 0 unspecified atom stereocenters. The second-order valence-electron chi connectivity index (χ2n) is 6.57. The third-order valence-electron chi connectivity index (χ3n) is 4.75. The fourth-order valence-electron chi connectivity index (χ4n) is 3.29. The van der Waals surface area contributed by atoms with Gasteiger partial charge in [0.25, 0.3) is 0 Å². The highest BCUT2D eigenvalue weighted by molar-refractivity contribution is 5.37. The quantitative estimate of drug-likeness (QED) is 0.761. The van der Waals surface area contributed by atoms with Crippen LogP contribution < -0.4 is 0 Å². The van der Waals surface area contributed by atoms with Gasteiger partial charge in [0.15, 0.2) is 0 Å². The summed E-state index contributed by atoms with van der Waals surface area (Å²) in [6.07, 6.45) is 4.00. The van der Waals surface area contributed by atoms with E-state index in [9.17, 15) is 5.26 Å². The summed E-state index contributed by atoms with van der Waals surface area (Å²) in [6, 6.07) is 10.2. The minimum absolute atomic E-state index is 0.757. The number of nitriles is 1. The minimum Gasteiger partial charge on any atom is -0.296 e. The Bertz CT molecular complexity index is 763. The third-order valence-corrected chi connectivity index (χ3v) is 4.75. The van der Waals surface area contributed by atoms with Crippen molar-refractivity contribution >= 4 is 0 Å². The normalized spacial score (nSPS) is 15.8. The van der Waals surface area contributed by atoms with Crippen LogP contribution in [-0.2, 0) is 19.6 Å². The molecule has 5 heteroatoms. The number of allylic oxidation sites excluding steroid dienone is 1. The summed E-state index contributed by atoms with van der Waals surface area (Å²) >= 11 is 0. The van der Waals surface area contributed by atoms with Gasteiger partial charge < -0.3 is 0 Å². The summed E-state index contributed by atoms with van der Waals surface area (Å²) in [5, 5.41) is 13.8. The molecule has 0 aliphatic carbocycles. The van der Waals surface area contributed by atoms with E-state index in [1.54, 1.807) is 0 Å². The van der Waals surface area contributed by atoms with Crippen molar-refractivity contribution in [1.82, 2.24) is 19.6 Å². The second-order valence-corrected chi connectivity index (χ2v) is 6.57. The lowest BCUT2D eigenvalue weighted by Crippen LogP contribution is -2.45. The molecule has 130 valence electrons. The van der Waals surface area contributed by atoms with Crippen LogP contribution in [0.3, 0.4) is 0 Å². The van der Waals surface area contributed by atoms with E-state index >= 15 is 0 Å².